The molecule has 0 amide bonds. The molecule has 0 spiro atoms. The van der Waals surface area contributed by atoms with E-state index in [4.69, 9.17) is 5.11 Å². The molecular weight excluding hydrogens is 222 g/mol. The van der Waals surface area contributed by atoms with Gasteiger partial charge >= 0.3 is 0 Å². The first-order chi connectivity index (χ1) is 8.85. The Morgan fingerprint density at radius 3 is 3.00 bits per heavy atom. The molecule has 0 bridgehead atoms. The Hall–Kier alpha value is -1.30. The number of aliphatic hydroxyl groups excluding tert-OH is 1. The van der Waals surface area contributed by atoms with Gasteiger partial charge in [0.15, 0.2) is 0 Å². The summed E-state index contributed by atoms with van der Waals surface area (Å²) >= 11 is 0. The van der Waals surface area contributed by atoms with Gasteiger partial charge in [-0.15, -0.1) is 0 Å². The number of aliphatic hydroxyl groups is 1. The lowest BCUT2D eigenvalue weighted by atomic mass is 10.1. The van der Waals surface area contributed by atoms with Gasteiger partial charge in [-0.05, 0) is 37.4 Å². The Bertz CT molecular complexity index is 444. The molecule has 1 N–H and O–H groups in total. The van der Waals surface area contributed by atoms with Crippen LogP contribution < -0.4 is 0 Å². The molecule has 0 aliphatic carbocycles. The lowest BCUT2D eigenvalue weighted by molar-refractivity contribution is 0.240. The Morgan fingerprint density at radius 1 is 1.39 bits per heavy atom. The molecule has 96 valence electrons. The standard InChI is InChI=1S/C16H21NO/c1-2-16-10-5-11-17(16)13-15-8-4-3-7-14(15)9-6-12-18/h3-4,7-8,16,18H,2,5,10-13H2,1H3. The smallest absolute Gasteiger partial charge is 0.104 e. The van der Waals surface area contributed by atoms with Gasteiger partial charge in [-0.2, -0.15) is 0 Å². The van der Waals surface area contributed by atoms with Gasteiger partial charge in [0.25, 0.3) is 0 Å². The summed E-state index contributed by atoms with van der Waals surface area (Å²) in [5, 5.41) is 8.80. The highest BCUT2D eigenvalue weighted by molar-refractivity contribution is 5.41. The molecule has 0 aromatic heterocycles. The van der Waals surface area contributed by atoms with Crippen LogP contribution >= 0.6 is 0 Å². The van der Waals surface area contributed by atoms with Gasteiger partial charge in [0.05, 0.1) is 0 Å². The van der Waals surface area contributed by atoms with Crippen molar-refractivity contribution in [3.05, 3.63) is 35.4 Å². The van der Waals surface area contributed by atoms with Gasteiger partial charge in [0.1, 0.15) is 6.61 Å². The summed E-state index contributed by atoms with van der Waals surface area (Å²) in [6.07, 6.45) is 3.86. The Balaban J connectivity index is 2.13. The molecule has 1 atom stereocenters. The normalized spacial score (nSPS) is 19.6. The van der Waals surface area contributed by atoms with Crippen molar-refractivity contribution in [3.63, 3.8) is 0 Å². The number of rotatable bonds is 3. The van der Waals surface area contributed by atoms with Gasteiger partial charge in [0.2, 0.25) is 0 Å². The second kappa shape index (κ2) is 6.58. The van der Waals surface area contributed by atoms with Crippen LogP contribution in [0.25, 0.3) is 0 Å². The quantitative estimate of drug-likeness (QED) is 0.824. The molecule has 1 fully saturated rings. The summed E-state index contributed by atoms with van der Waals surface area (Å²) in [5.74, 6) is 5.79. The third-order valence-corrected chi connectivity index (χ3v) is 3.66. The number of nitrogens with zero attached hydrogens (tertiary/aromatic N) is 1. The van der Waals surface area contributed by atoms with Crippen molar-refractivity contribution in [2.75, 3.05) is 13.2 Å². The van der Waals surface area contributed by atoms with Crippen LogP contribution in [0.15, 0.2) is 24.3 Å². The van der Waals surface area contributed by atoms with Crippen LogP contribution in [0.4, 0.5) is 0 Å². The predicted molar refractivity (Wildman–Crippen MR) is 74.1 cm³/mol. The lowest BCUT2D eigenvalue weighted by Gasteiger charge is -2.23. The van der Waals surface area contributed by atoms with Crippen LogP contribution in [0.5, 0.6) is 0 Å². The van der Waals surface area contributed by atoms with Crippen molar-refractivity contribution >= 4 is 0 Å². The van der Waals surface area contributed by atoms with Crippen molar-refractivity contribution in [2.45, 2.75) is 38.8 Å². The molecule has 18 heavy (non-hydrogen) atoms. The SMILES string of the molecule is CCC1CCCN1Cc1ccccc1C#CCO. The summed E-state index contributed by atoms with van der Waals surface area (Å²) in [7, 11) is 0. The average Bonchev–Trinajstić information content (AvgIpc) is 2.85. The van der Waals surface area contributed by atoms with E-state index in [1.54, 1.807) is 0 Å². The summed E-state index contributed by atoms with van der Waals surface area (Å²) in [6, 6.07) is 8.98. The second-order valence-corrected chi connectivity index (χ2v) is 4.79. The van der Waals surface area contributed by atoms with E-state index in [0.717, 1.165) is 18.2 Å². The van der Waals surface area contributed by atoms with Crippen molar-refractivity contribution in [1.82, 2.24) is 4.90 Å². The van der Waals surface area contributed by atoms with E-state index < -0.39 is 0 Å². The fourth-order valence-electron chi connectivity index (χ4n) is 2.70. The lowest BCUT2D eigenvalue weighted by Crippen LogP contribution is -2.28. The Kier molecular flexibility index (Phi) is 4.81. The molecule has 2 rings (SSSR count). The molecule has 2 heteroatoms. The van der Waals surface area contributed by atoms with Crippen LogP contribution in [0, 0.1) is 11.8 Å². The molecule has 1 saturated heterocycles. The maximum atomic E-state index is 8.80. The first-order valence-electron chi connectivity index (χ1n) is 6.76. The maximum absolute atomic E-state index is 8.80. The summed E-state index contributed by atoms with van der Waals surface area (Å²) in [5.41, 5.74) is 2.33. The fraction of sp³-hybridized carbons (Fsp3) is 0.500. The van der Waals surface area contributed by atoms with Crippen LogP contribution in [0.3, 0.4) is 0 Å². The van der Waals surface area contributed by atoms with E-state index in [1.165, 1.54) is 31.4 Å². The van der Waals surface area contributed by atoms with Crippen LogP contribution in [-0.4, -0.2) is 29.2 Å². The van der Waals surface area contributed by atoms with Gasteiger partial charge in [-0.25, -0.2) is 0 Å². The van der Waals surface area contributed by atoms with Crippen molar-refractivity contribution < 1.29 is 5.11 Å². The van der Waals surface area contributed by atoms with E-state index in [9.17, 15) is 0 Å². The van der Waals surface area contributed by atoms with Crippen LogP contribution in [-0.2, 0) is 6.54 Å². The molecule has 1 aliphatic rings. The van der Waals surface area contributed by atoms with Gasteiger partial charge in [-0.3, -0.25) is 4.90 Å². The Morgan fingerprint density at radius 2 is 2.22 bits per heavy atom. The van der Waals surface area contributed by atoms with E-state index >= 15 is 0 Å². The number of likely N-dealkylation sites (tertiary alicyclic amines) is 1. The molecule has 1 aliphatic heterocycles. The highest BCUT2D eigenvalue weighted by Crippen LogP contribution is 2.23. The third-order valence-electron chi connectivity index (χ3n) is 3.66. The van der Waals surface area contributed by atoms with E-state index in [1.807, 2.05) is 12.1 Å². The van der Waals surface area contributed by atoms with E-state index in [-0.39, 0.29) is 6.61 Å². The zero-order chi connectivity index (χ0) is 12.8. The molecule has 1 heterocycles. The van der Waals surface area contributed by atoms with Crippen molar-refractivity contribution in [3.8, 4) is 11.8 Å². The van der Waals surface area contributed by atoms with Crippen molar-refractivity contribution in [2.24, 2.45) is 0 Å². The number of hydrogen-bond acceptors (Lipinski definition) is 2. The predicted octanol–water partition coefficient (Wildman–Crippen LogP) is 2.40. The molecule has 0 saturated carbocycles. The molecule has 1 unspecified atom stereocenters. The minimum absolute atomic E-state index is 0.0738. The minimum Gasteiger partial charge on any atom is -0.384 e. The molecule has 1 aromatic carbocycles. The highest BCUT2D eigenvalue weighted by Gasteiger charge is 2.22. The highest BCUT2D eigenvalue weighted by atomic mass is 16.2. The summed E-state index contributed by atoms with van der Waals surface area (Å²) in [4.78, 5) is 2.56. The first kappa shape index (κ1) is 13.1. The summed E-state index contributed by atoms with van der Waals surface area (Å²) < 4.78 is 0. The van der Waals surface area contributed by atoms with Crippen LogP contribution in [0.2, 0.25) is 0 Å². The van der Waals surface area contributed by atoms with Gasteiger partial charge < -0.3 is 5.11 Å². The monoisotopic (exact) mass is 243 g/mol. The fourth-order valence-corrected chi connectivity index (χ4v) is 2.70. The Labute approximate surface area is 110 Å². The largest absolute Gasteiger partial charge is 0.384 e. The number of hydrogen-bond donors (Lipinski definition) is 1. The molecule has 0 radical (unpaired) electrons. The molecule has 2 nitrogen and oxygen atoms in total. The summed E-state index contributed by atoms with van der Waals surface area (Å²) in [6.45, 7) is 4.37. The second-order valence-electron chi connectivity index (χ2n) is 4.79. The first-order valence-corrected chi connectivity index (χ1v) is 6.76. The molecule has 1 aromatic rings. The third kappa shape index (κ3) is 3.13. The van der Waals surface area contributed by atoms with E-state index in [0.29, 0.717) is 0 Å². The average molecular weight is 243 g/mol. The zero-order valence-corrected chi connectivity index (χ0v) is 11.0. The number of benzene rings is 1. The minimum atomic E-state index is -0.0738. The van der Waals surface area contributed by atoms with Crippen molar-refractivity contribution in [1.29, 1.82) is 0 Å². The van der Waals surface area contributed by atoms with Gasteiger partial charge in [-0.1, -0.05) is 37.0 Å². The van der Waals surface area contributed by atoms with Gasteiger partial charge in [0, 0.05) is 18.2 Å². The van der Waals surface area contributed by atoms with Crippen LogP contribution in [0.1, 0.15) is 37.3 Å². The molecular formula is C16H21NO. The maximum Gasteiger partial charge on any atom is 0.104 e. The zero-order valence-electron chi connectivity index (χ0n) is 11.0. The van der Waals surface area contributed by atoms with E-state index in [2.05, 4.69) is 35.8 Å². The topological polar surface area (TPSA) is 23.5 Å².